The minimum absolute atomic E-state index is 0.0252. The number of nitrogens with two attached hydrogens (primary N) is 1. The third-order valence-corrected chi connectivity index (χ3v) is 5.05. The summed E-state index contributed by atoms with van der Waals surface area (Å²) in [5.41, 5.74) is 9.16. The Labute approximate surface area is 178 Å². The molecule has 0 aliphatic heterocycles. The Kier molecular flexibility index (Phi) is 6.55. The molecule has 1 fully saturated rings. The van der Waals surface area contributed by atoms with Crippen LogP contribution in [0.15, 0.2) is 72.8 Å². The first-order chi connectivity index (χ1) is 14.7. The van der Waals surface area contributed by atoms with E-state index in [9.17, 15) is 0 Å². The Morgan fingerprint density at radius 3 is 2.07 bits per heavy atom. The number of benzene rings is 3. The van der Waals surface area contributed by atoms with E-state index >= 15 is 0 Å². The number of ether oxygens (including phenoxy) is 3. The lowest BCUT2D eigenvalue weighted by molar-refractivity contribution is 0.287. The van der Waals surface area contributed by atoms with Crippen molar-refractivity contribution in [1.82, 2.24) is 0 Å². The van der Waals surface area contributed by atoms with Gasteiger partial charge in [0.25, 0.3) is 0 Å². The number of hydrogen-bond acceptors (Lipinski definition) is 4. The van der Waals surface area contributed by atoms with E-state index < -0.39 is 0 Å². The Bertz CT molecular complexity index is 931. The molecule has 0 radical (unpaired) electrons. The SMILES string of the molecule is C[C@H](N)COc1ccc(-c2ccc(COc3cccc(OCC4CC4)c3)cc2)cc1. The summed E-state index contributed by atoms with van der Waals surface area (Å²) in [7, 11) is 0. The van der Waals surface area contributed by atoms with Crippen LogP contribution >= 0.6 is 0 Å². The van der Waals surface area contributed by atoms with E-state index in [1.807, 2.05) is 43.3 Å². The van der Waals surface area contributed by atoms with Gasteiger partial charge in [0.15, 0.2) is 0 Å². The van der Waals surface area contributed by atoms with Crippen LogP contribution in [0.3, 0.4) is 0 Å². The van der Waals surface area contributed by atoms with Crippen LogP contribution in [-0.4, -0.2) is 19.3 Å². The van der Waals surface area contributed by atoms with Crippen molar-refractivity contribution >= 4 is 0 Å². The molecule has 1 atom stereocenters. The van der Waals surface area contributed by atoms with Gasteiger partial charge in [-0.1, -0.05) is 42.5 Å². The fraction of sp³-hybridized carbons (Fsp3) is 0.308. The van der Waals surface area contributed by atoms with E-state index in [1.165, 1.54) is 12.8 Å². The van der Waals surface area contributed by atoms with Crippen LogP contribution in [0.4, 0.5) is 0 Å². The smallest absolute Gasteiger partial charge is 0.123 e. The molecule has 4 heteroatoms. The molecule has 0 unspecified atom stereocenters. The summed E-state index contributed by atoms with van der Waals surface area (Å²) >= 11 is 0. The van der Waals surface area contributed by atoms with Gasteiger partial charge in [-0.05, 0) is 66.6 Å². The molecule has 1 saturated carbocycles. The first-order valence-corrected chi connectivity index (χ1v) is 10.6. The summed E-state index contributed by atoms with van der Waals surface area (Å²) in [4.78, 5) is 0. The Morgan fingerprint density at radius 2 is 1.43 bits per heavy atom. The van der Waals surface area contributed by atoms with Gasteiger partial charge in [0.1, 0.15) is 30.5 Å². The summed E-state index contributed by atoms with van der Waals surface area (Å²) in [5, 5.41) is 0. The van der Waals surface area contributed by atoms with E-state index in [4.69, 9.17) is 19.9 Å². The van der Waals surface area contributed by atoms with Crippen LogP contribution < -0.4 is 19.9 Å². The minimum atomic E-state index is 0.0252. The molecule has 0 aromatic heterocycles. The second kappa shape index (κ2) is 9.68. The molecule has 1 aliphatic rings. The van der Waals surface area contributed by atoms with Crippen molar-refractivity contribution in [2.24, 2.45) is 11.7 Å². The van der Waals surface area contributed by atoms with Crippen molar-refractivity contribution in [2.45, 2.75) is 32.4 Å². The van der Waals surface area contributed by atoms with Gasteiger partial charge in [-0.25, -0.2) is 0 Å². The van der Waals surface area contributed by atoms with Crippen molar-refractivity contribution in [3.63, 3.8) is 0 Å². The standard InChI is InChI=1S/C26H29NO3/c1-19(27)16-28-24-13-11-23(12-14-24)22-9-7-21(8-10-22)18-30-26-4-2-3-25(15-26)29-17-20-5-6-20/h2-4,7-15,19-20H,5-6,16-18,27H2,1H3/t19-/m0/s1. The van der Waals surface area contributed by atoms with Crippen LogP contribution in [0, 0.1) is 5.92 Å². The molecule has 4 rings (SSSR count). The maximum absolute atomic E-state index is 5.96. The first kappa shape index (κ1) is 20.3. The summed E-state index contributed by atoms with van der Waals surface area (Å²) in [6.07, 6.45) is 2.58. The van der Waals surface area contributed by atoms with Gasteiger partial charge in [0.2, 0.25) is 0 Å². The molecule has 3 aromatic rings. The molecule has 3 aromatic carbocycles. The van der Waals surface area contributed by atoms with Crippen molar-refractivity contribution < 1.29 is 14.2 Å². The van der Waals surface area contributed by atoms with Crippen LogP contribution in [-0.2, 0) is 6.61 Å². The van der Waals surface area contributed by atoms with E-state index in [1.54, 1.807) is 0 Å². The van der Waals surface area contributed by atoms with Gasteiger partial charge >= 0.3 is 0 Å². The van der Waals surface area contributed by atoms with Gasteiger partial charge in [0.05, 0.1) is 6.61 Å². The molecular formula is C26H29NO3. The normalized spacial score (nSPS) is 14.2. The summed E-state index contributed by atoms with van der Waals surface area (Å²) < 4.78 is 17.4. The Hall–Kier alpha value is -2.98. The van der Waals surface area contributed by atoms with E-state index in [0.29, 0.717) is 13.2 Å². The zero-order valence-corrected chi connectivity index (χ0v) is 17.4. The predicted molar refractivity (Wildman–Crippen MR) is 120 cm³/mol. The highest BCUT2D eigenvalue weighted by Gasteiger charge is 2.21. The van der Waals surface area contributed by atoms with Gasteiger partial charge in [-0.3, -0.25) is 0 Å². The maximum Gasteiger partial charge on any atom is 0.123 e. The van der Waals surface area contributed by atoms with Crippen molar-refractivity contribution in [2.75, 3.05) is 13.2 Å². The molecule has 0 bridgehead atoms. The van der Waals surface area contributed by atoms with Gasteiger partial charge in [0, 0.05) is 12.1 Å². The zero-order valence-electron chi connectivity index (χ0n) is 17.4. The van der Waals surface area contributed by atoms with E-state index in [-0.39, 0.29) is 6.04 Å². The van der Waals surface area contributed by atoms with Crippen LogP contribution in [0.5, 0.6) is 17.2 Å². The molecule has 1 aliphatic carbocycles. The second-order valence-corrected chi connectivity index (χ2v) is 8.03. The fourth-order valence-corrected chi connectivity index (χ4v) is 3.08. The monoisotopic (exact) mass is 403 g/mol. The first-order valence-electron chi connectivity index (χ1n) is 10.6. The Balaban J connectivity index is 1.31. The van der Waals surface area contributed by atoms with Gasteiger partial charge < -0.3 is 19.9 Å². The lowest BCUT2D eigenvalue weighted by Crippen LogP contribution is -2.23. The quantitative estimate of drug-likeness (QED) is 0.489. The topological polar surface area (TPSA) is 53.7 Å². The minimum Gasteiger partial charge on any atom is -0.493 e. The molecule has 156 valence electrons. The number of hydrogen-bond donors (Lipinski definition) is 1. The summed E-state index contributed by atoms with van der Waals surface area (Å²) in [6, 6.07) is 24.4. The van der Waals surface area contributed by atoms with Crippen molar-refractivity contribution in [1.29, 1.82) is 0 Å². The molecular weight excluding hydrogens is 374 g/mol. The molecule has 0 saturated heterocycles. The molecule has 0 spiro atoms. The average molecular weight is 404 g/mol. The van der Waals surface area contributed by atoms with Crippen LogP contribution in [0.1, 0.15) is 25.3 Å². The molecule has 0 amide bonds. The lowest BCUT2D eigenvalue weighted by Gasteiger charge is -2.11. The maximum atomic E-state index is 5.96. The van der Waals surface area contributed by atoms with Crippen LogP contribution in [0.2, 0.25) is 0 Å². The third kappa shape index (κ3) is 6.01. The van der Waals surface area contributed by atoms with Crippen molar-refractivity contribution in [3.05, 3.63) is 78.4 Å². The molecule has 0 heterocycles. The largest absolute Gasteiger partial charge is 0.493 e. The predicted octanol–water partition coefficient (Wildman–Crippen LogP) is 5.45. The summed E-state index contributed by atoms with van der Waals surface area (Å²) in [6.45, 7) is 3.78. The number of rotatable bonds is 10. The van der Waals surface area contributed by atoms with E-state index in [0.717, 1.165) is 46.5 Å². The second-order valence-electron chi connectivity index (χ2n) is 8.03. The van der Waals surface area contributed by atoms with E-state index in [2.05, 4.69) is 36.4 Å². The average Bonchev–Trinajstić information content (AvgIpc) is 3.61. The van der Waals surface area contributed by atoms with Crippen molar-refractivity contribution in [3.8, 4) is 28.4 Å². The highest BCUT2D eigenvalue weighted by Crippen LogP contribution is 2.30. The third-order valence-electron chi connectivity index (χ3n) is 5.05. The van der Waals surface area contributed by atoms with Crippen LogP contribution in [0.25, 0.3) is 11.1 Å². The zero-order chi connectivity index (χ0) is 20.8. The summed E-state index contributed by atoms with van der Waals surface area (Å²) in [5.74, 6) is 3.29. The molecule has 30 heavy (non-hydrogen) atoms. The molecule has 4 nitrogen and oxygen atoms in total. The molecule has 2 N–H and O–H groups in total. The van der Waals surface area contributed by atoms with Gasteiger partial charge in [-0.2, -0.15) is 0 Å². The Morgan fingerprint density at radius 1 is 0.800 bits per heavy atom. The van der Waals surface area contributed by atoms with Gasteiger partial charge in [-0.15, -0.1) is 0 Å². The lowest BCUT2D eigenvalue weighted by atomic mass is 10.0. The highest BCUT2D eigenvalue weighted by atomic mass is 16.5. The highest BCUT2D eigenvalue weighted by molar-refractivity contribution is 5.64. The fourth-order valence-electron chi connectivity index (χ4n) is 3.08.